The molecule has 0 atom stereocenters. The van der Waals surface area contributed by atoms with Crippen LogP contribution >= 0.6 is 0 Å². The molecule has 0 radical (unpaired) electrons. The molecule has 0 saturated carbocycles. The Labute approximate surface area is 222 Å². The quantitative estimate of drug-likeness (QED) is 0.352. The highest BCUT2D eigenvalue weighted by Crippen LogP contribution is 2.31. The van der Waals surface area contributed by atoms with Gasteiger partial charge in [0.15, 0.2) is 5.65 Å². The molecule has 8 nitrogen and oxygen atoms in total. The standard InChI is InChI=1S/C28H43N5O3Si/c1-28(2,3)36-27(34)32-14-10-21(11-15-32)23-19-33(20-35-16-17-37(5,6)7)26-25(23)30-24(18-29-26)22-8-12-31(4)13-9-22/h8,10,18-19H,9,11-17,20H2,1-7H3. The lowest BCUT2D eigenvalue weighted by Crippen LogP contribution is -2.39. The summed E-state index contributed by atoms with van der Waals surface area (Å²) in [5.41, 5.74) is 5.72. The first kappa shape index (κ1) is 27.5. The van der Waals surface area contributed by atoms with Gasteiger partial charge >= 0.3 is 6.09 Å². The van der Waals surface area contributed by atoms with Crippen LogP contribution in [0.3, 0.4) is 0 Å². The van der Waals surface area contributed by atoms with Gasteiger partial charge < -0.3 is 23.8 Å². The van der Waals surface area contributed by atoms with Gasteiger partial charge in [-0.15, -0.1) is 0 Å². The molecule has 0 saturated heterocycles. The lowest BCUT2D eigenvalue weighted by molar-refractivity contribution is 0.0270. The van der Waals surface area contributed by atoms with Crippen LogP contribution in [0, 0.1) is 0 Å². The van der Waals surface area contributed by atoms with Crippen molar-refractivity contribution in [1.82, 2.24) is 24.3 Å². The fourth-order valence-electron chi connectivity index (χ4n) is 4.49. The highest BCUT2D eigenvalue weighted by molar-refractivity contribution is 6.76. The van der Waals surface area contributed by atoms with Gasteiger partial charge in [-0.3, -0.25) is 0 Å². The van der Waals surface area contributed by atoms with Gasteiger partial charge in [-0.25, -0.2) is 14.8 Å². The van der Waals surface area contributed by atoms with E-state index in [2.05, 4.69) is 54.5 Å². The van der Waals surface area contributed by atoms with E-state index in [4.69, 9.17) is 19.4 Å². The summed E-state index contributed by atoms with van der Waals surface area (Å²) in [6.07, 6.45) is 9.87. The van der Waals surface area contributed by atoms with E-state index in [1.165, 1.54) is 11.1 Å². The molecule has 0 bridgehead atoms. The highest BCUT2D eigenvalue weighted by Gasteiger charge is 2.26. The third kappa shape index (κ3) is 7.30. The average Bonchev–Trinajstić information content (AvgIpc) is 3.18. The second kappa shape index (κ2) is 11.1. The van der Waals surface area contributed by atoms with Crippen LogP contribution in [0.1, 0.15) is 44.9 Å². The van der Waals surface area contributed by atoms with Gasteiger partial charge in [-0.2, -0.15) is 0 Å². The van der Waals surface area contributed by atoms with E-state index in [9.17, 15) is 4.79 Å². The maximum atomic E-state index is 12.6. The summed E-state index contributed by atoms with van der Waals surface area (Å²) in [5, 5.41) is 0. The molecule has 202 valence electrons. The topological polar surface area (TPSA) is 72.7 Å². The number of carbonyl (C=O) groups excluding carboxylic acids is 1. The molecule has 0 fully saturated rings. The largest absolute Gasteiger partial charge is 0.444 e. The zero-order valence-corrected chi connectivity index (χ0v) is 24.6. The van der Waals surface area contributed by atoms with E-state index in [-0.39, 0.29) is 6.09 Å². The predicted molar refractivity (Wildman–Crippen MR) is 152 cm³/mol. The lowest BCUT2D eigenvalue weighted by Gasteiger charge is -2.29. The zero-order valence-electron chi connectivity index (χ0n) is 23.6. The first-order valence-corrected chi connectivity index (χ1v) is 17.1. The van der Waals surface area contributed by atoms with E-state index in [1.54, 1.807) is 4.90 Å². The fourth-order valence-corrected chi connectivity index (χ4v) is 5.25. The molecule has 0 unspecified atom stereocenters. The van der Waals surface area contributed by atoms with Crippen LogP contribution in [0.2, 0.25) is 25.7 Å². The number of ether oxygens (including phenoxy) is 2. The molecular weight excluding hydrogens is 482 g/mol. The predicted octanol–water partition coefficient (Wildman–Crippen LogP) is 5.49. The molecule has 2 aromatic heterocycles. The van der Waals surface area contributed by atoms with Gasteiger partial charge in [0.2, 0.25) is 0 Å². The summed E-state index contributed by atoms with van der Waals surface area (Å²) < 4.78 is 13.7. The second-order valence-electron chi connectivity index (χ2n) is 12.4. The molecular formula is C28H43N5O3Si. The van der Waals surface area contributed by atoms with Gasteiger partial charge in [0.05, 0.1) is 11.9 Å². The smallest absolute Gasteiger partial charge is 0.410 e. The molecule has 2 aliphatic rings. The van der Waals surface area contributed by atoms with Crippen molar-refractivity contribution in [3.8, 4) is 0 Å². The Morgan fingerprint density at radius 1 is 1.08 bits per heavy atom. The Morgan fingerprint density at radius 2 is 1.81 bits per heavy atom. The zero-order chi connectivity index (χ0) is 26.8. The molecule has 1 amide bonds. The SMILES string of the molecule is CN1CC=C(c2cnc3c(n2)c(C2=CCN(C(=O)OC(C)(C)C)CC2)cn3COCC[Si](C)(C)C)CC1. The summed E-state index contributed by atoms with van der Waals surface area (Å²) in [5.74, 6) is 0. The summed E-state index contributed by atoms with van der Waals surface area (Å²) in [6.45, 7) is 17.1. The molecule has 4 heterocycles. The Bertz CT molecular complexity index is 1190. The molecule has 0 aliphatic carbocycles. The Balaban J connectivity index is 1.61. The first-order chi connectivity index (χ1) is 17.4. The van der Waals surface area contributed by atoms with Crippen LogP contribution in [0.5, 0.6) is 0 Å². The minimum Gasteiger partial charge on any atom is -0.444 e. The van der Waals surface area contributed by atoms with Crippen molar-refractivity contribution in [1.29, 1.82) is 0 Å². The number of hydrogen-bond acceptors (Lipinski definition) is 6. The number of amides is 1. The van der Waals surface area contributed by atoms with Gasteiger partial charge in [-0.05, 0) is 57.9 Å². The van der Waals surface area contributed by atoms with Crippen molar-refractivity contribution in [2.24, 2.45) is 0 Å². The van der Waals surface area contributed by atoms with Crippen molar-refractivity contribution in [2.75, 3.05) is 39.8 Å². The van der Waals surface area contributed by atoms with Gasteiger partial charge in [0.1, 0.15) is 17.8 Å². The number of rotatable bonds is 7. The minimum absolute atomic E-state index is 0.266. The number of nitrogens with zero attached hydrogens (tertiary/aromatic N) is 5. The van der Waals surface area contributed by atoms with Crippen molar-refractivity contribution < 1.29 is 14.3 Å². The van der Waals surface area contributed by atoms with E-state index in [1.807, 2.05) is 27.0 Å². The van der Waals surface area contributed by atoms with Gasteiger partial charge in [0.25, 0.3) is 0 Å². The summed E-state index contributed by atoms with van der Waals surface area (Å²) in [4.78, 5) is 26.6. The Morgan fingerprint density at radius 3 is 2.43 bits per heavy atom. The molecule has 0 N–H and O–H groups in total. The third-order valence-corrected chi connectivity index (χ3v) is 8.44. The van der Waals surface area contributed by atoms with Gasteiger partial charge in [-0.1, -0.05) is 31.8 Å². The number of aromatic nitrogens is 3. The molecule has 37 heavy (non-hydrogen) atoms. The summed E-state index contributed by atoms with van der Waals surface area (Å²) >= 11 is 0. The van der Waals surface area contributed by atoms with Crippen molar-refractivity contribution >= 4 is 36.5 Å². The van der Waals surface area contributed by atoms with Crippen molar-refractivity contribution in [2.45, 2.75) is 71.6 Å². The summed E-state index contributed by atoms with van der Waals surface area (Å²) in [6, 6.07) is 1.13. The van der Waals surface area contributed by atoms with E-state index >= 15 is 0 Å². The van der Waals surface area contributed by atoms with Crippen LogP contribution in [-0.2, 0) is 16.2 Å². The second-order valence-corrected chi connectivity index (χ2v) is 18.1. The maximum Gasteiger partial charge on any atom is 0.410 e. The van der Waals surface area contributed by atoms with Crippen LogP contribution in [0.4, 0.5) is 4.79 Å². The fraction of sp³-hybridized carbons (Fsp3) is 0.607. The normalized spacial score (nSPS) is 17.6. The van der Waals surface area contributed by atoms with E-state index < -0.39 is 13.7 Å². The lowest BCUT2D eigenvalue weighted by atomic mass is 10.0. The third-order valence-electron chi connectivity index (χ3n) is 6.74. The van der Waals surface area contributed by atoms with Crippen LogP contribution in [0.15, 0.2) is 24.5 Å². The van der Waals surface area contributed by atoms with Crippen LogP contribution in [0.25, 0.3) is 22.3 Å². The van der Waals surface area contributed by atoms with Gasteiger partial charge in [0, 0.05) is 52.6 Å². The number of likely N-dealkylation sites (N-methyl/N-ethyl adjacent to an activating group) is 1. The summed E-state index contributed by atoms with van der Waals surface area (Å²) in [7, 11) is 0.981. The van der Waals surface area contributed by atoms with E-state index in [0.717, 1.165) is 61.0 Å². The number of hydrogen-bond donors (Lipinski definition) is 0. The molecule has 4 rings (SSSR count). The molecule has 0 spiro atoms. The van der Waals surface area contributed by atoms with Crippen LogP contribution in [-0.4, -0.2) is 83.9 Å². The maximum absolute atomic E-state index is 12.6. The highest BCUT2D eigenvalue weighted by atomic mass is 28.3. The van der Waals surface area contributed by atoms with E-state index in [0.29, 0.717) is 19.8 Å². The first-order valence-electron chi connectivity index (χ1n) is 13.4. The number of carbonyl (C=O) groups is 1. The van der Waals surface area contributed by atoms with Crippen LogP contribution < -0.4 is 0 Å². The van der Waals surface area contributed by atoms with Crippen molar-refractivity contribution in [3.63, 3.8) is 0 Å². The molecule has 0 aromatic carbocycles. The average molecular weight is 526 g/mol. The van der Waals surface area contributed by atoms with Crippen molar-refractivity contribution in [3.05, 3.63) is 35.8 Å². The molecule has 2 aliphatic heterocycles. The minimum atomic E-state index is -1.16. The monoisotopic (exact) mass is 525 g/mol. The Kier molecular flexibility index (Phi) is 8.25. The molecule has 9 heteroatoms. The Hall–Kier alpha value is -2.49. The number of fused-ring (bicyclic) bond motifs is 1. The molecule has 2 aromatic rings.